The Labute approximate surface area is 128 Å². The van der Waals surface area contributed by atoms with Gasteiger partial charge in [0.1, 0.15) is 19.8 Å². The van der Waals surface area contributed by atoms with Crippen molar-refractivity contribution in [1.29, 1.82) is 0 Å². The Bertz CT molecular complexity index is 704. The molecule has 1 saturated heterocycles. The van der Waals surface area contributed by atoms with Gasteiger partial charge in [0.15, 0.2) is 11.5 Å². The molecule has 0 N–H and O–H groups in total. The van der Waals surface area contributed by atoms with Crippen LogP contribution in [0.1, 0.15) is 19.3 Å². The van der Waals surface area contributed by atoms with Gasteiger partial charge in [0.25, 0.3) is 0 Å². The molecule has 116 valence electrons. The SMILES string of the molecule is O=C(Cn1cnc2cc3c(cc21)OCCO3)N1CCCCC1. The highest BCUT2D eigenvalue weighted by Gasteiger charge is 2.19. The Morgan fingerprint density at radius 2 is 1.82 bits per heavy atom. The normalized spacial score (nSPS) is 17.7. The first-order valence-electron chi connectivity index (χ1n) is 7.83. The number of piperidine rings is 1. The molecule has 22 heavy (non-hydrogen) atoms. The summed E-state index contributed by atoms with van der Waals surface area (Å²) >= 11 is 0. The fourth-order valence-electron chi connectivity index (χ4n) is 3.11. The van der Waals surface area contributed by atoms with E-state index in [1.807, 2.05) is 21.6 Å². The molecule has 1 aromatic carbocycles. The quantitative estimate of drug-likeness (QED) is 0.849. The van der Waals surface area contributed by atoms with Crippen molar-refractivity contribution in [3.05, 3.63) is 18.5 Å². The van der Waals surface area contributed by atoms with E-state index < -0.39 is 0 Å². The van der Waals surface area contributed by atoms with Crippen molar-refractivity contribution in [1.82, 2.24) is 14.5 Å². The molecule has 0 spiro atoms. The van der Waals surface area contributed by atoms with Gasteiger partial charge in [0, 0.05) is 25.2 Å². The summed E-state index contributed by atoms with van der Waals surface area (Å²) in [6.45, 7) is 3.19. The molecule has 1 fully saturated rings. The number of aromatic nitrogens is 2. The molecule has 0 saturated carbocycles. The third-order valence-corrected chi connectivity index (χ3v) is 4.30. The Balaban J connectivity index is 1.60. The Hall–Kier alpha value is -2.24. The van der Waals surface area contributed by atoms with Gasteiger partial charge in [-0.05, 0) is 19.3 Å². The largest absolute Gasteiger partial charge is 0.486 e. The Morgan fingerprint density at radius 3 is 2.59 bits per heavy atom. The van der Waals surface area contributed by atoms with Gasteiger partial charge < -0.3 is 18.9 Å². The lowest BCUT2D eigenvalue weighted by molar-refractivity contribution is -0.132. The summed E-state index contributed by atoms with van der Waals surface area (Å²) in [5, 5.41) is 0. The number of hydrogen-bond acceptors (Lipinski definition) is 4. The van der Waals surface area contributed by atoms with Crippen LogP contribution in [0.2, 0.25) is 0 Å². The van der Waals surface area contributed by atoms with Crippen LogP contribution in [0.5, 0.6) is 11.5 Å². The molecule has 0 atom stereocenters. The summed E-state index contributed by atoms with van der Waals surface area (Å²) in [4.78, 5) is 18.8. The molecular weight excluding hydrogens is 282 g/mol. The zero-order valence-corrected chi connectivity index (χ0v) is 12.5. The van der Waals surface area contributed by atoms with Crippen molar-refractivity contribution in [3.63, 3.8) is 0 Å². The first-order valence-corrected chi connectivity index (χ1v) is 7.83. The van der Waals surface area contributed by atoms with E-state index in [-0.39, 0.29) is 5.91 Å². The molecule has 0 aliphatic carbocycles. The monoisotopic (exact) mass is 301 g/mol. The summed E-state index contributed by atoms with van der Waals surface area (Å²) in [5.74, 6) is 1.62. The van der Waals surface area contributed by atoms with Crippen molar-refractivity contribution < 1.29 is 14.3 Å². The van der Waals surface area contributed by atoms with Gasteiger partial charge in [-0.25, -0.2) is 4.98 Å². The number of amides is 1. The van der Waals surface area contributed by atoms with Crippen LogP contribution < -0.4 is 9.47 Å². The van der Waals surface area contributed by atoms with Gasteiger partial charge in [-0.3, -0.25) is 4.79 Å². The summed E-state index contributed by atoms with van der Waals surface area (Å²) in [6, 6.07) is 3.80. The van der Waals surface area contributed by atoms with E-state index in [1.54, 1.807) is 6.33 Å². The lowest BCUT2D eigenvalue weighted by atomic mass is 10.1. The number of ether oxygens (including phenoxy) is 2. The number of benzene rings is 1. The van der Waals surface area contributed by atoms with Crippen LogP contribution >= 0.6 is 0 Å². The molecule has 1 aromatic heterocycles. The second-order valence-corrected chi connectivity index (χ2v) is 5.80. The van der Waals surface area contributed by atoms with Crippen LogP contribution in [0.25, 0.3) is 11.0 Å². The summed E-state index contributed by atoms with van der Waals surface area (Å²) in [6.07, 6.45) is 5.16. The maximum atomic E-state index is 12.4. The maximum absolute atomic E-state index is 12.4. The van der Waals surface area contributed by atoms with E-state index >= 15 is 0 Å². The van der Waals surface area contributed by atoms with E-state index in [9.17, 15) is 4.79 Å². The van der Waals surface area contributed by atoms with Crippen LogP contribution in [0, 0.1) is 0 Å². The van der Waals surface area contributed by atoms with Gasteiger partial charge >= 0.3 is 0 Å². The predicted octanol–water partition coefficient (Wildman–Crippen LogP) is 1.82. The molecule has 0 radical (unpaired) electrons. The smallest absolute Gasteiger partial charge is 0.242 e. The fourth-order valence-corrected chi connectivity index (χ4v) is 3.11. The van der Waals surface area contributed by atoms with Gasteiger partial charge in [0.05, 0.1) is 17.4 Å². The number of imidazole rings is 1. The van der Waals surface area contributed by atoms with Crippen LogP contribution in [-0.2, 0) is 11.3 Å². The van der Waals surface area contributed by atoms with Crippen LogP contribution in [0.15, 0.2) is 18.5 Å². The maximum Gasteiger partial charge on any atom is 0.242 e. The lowest BCUT2D eigenvalue weighted by Gasteiger charge is -2.27. The van der Waals surface area contributed by atoms with Crippen LogP contribution in [-0.4, -0.2) is 46.7 Å². The minimum atomic E-state index is 0.161. The predicted molar refractivity (Wildman–Crippen MR) is 81.2 cm³/mol. The van der Waals surface area contributed by atoms with E-state index in [1.165, 1.54) is 6.42 Å². The van der Waals surface area contributed by atoms with Crippen molar-refractivity contribution in [3.8, 4) is 11.5 Å². The van der Waals surface area contributed by atoms with Crippen molar-refractivity contribution >= 4 is 16.9 Å². The molecule has 2 aliphatic heterocycles. The number of carbonyl (C=O) groups is 1. The molecule has 0 unspecified atom stereocenters. The summed E-state index contributed by atoms with van der Waals surface area (Å²) in [5.41, 5.74) is 1.74. The van der Waals surface area contributed by atoms with Crippen LogP contribution in [0.4, 0.5) is 0 Å². The summed E-state index contributed by atoms with van der Waals surface area (Å²) < 4.78 is 13.1. The minimum Gasteiger partial charge on any atom is -0.486 e. The second-order valence-electron chi connectivity index (χ2n) is 5.80. The first-order chi connectivity index (χ1) is 10.8. The second kappa shape index (κ2) is 5.51. The molecule has 2 aliphatic rings. The molecule has 4 rings (SSSR count). The van der Waals surface area contributed by atoms with Gasteiger partial charge in [0.2, 0.25) is 5.91 Å². The highest BCUT2D eigenvalue weighted by atomic mass is 16.6. The first kappa shape index (κ1) is 13.4. The molecule has 3 heterocycles. The van der Waals surface area contributed by atoms with Gasteiger partial charge in [-0.1, -0.05) is 0 Å². The fraction of sp³-hybridized carbons (Fsp3) is 0.500. The average Bonchev–Trinajstić information content (AvgIpc) is 2.95. The molecule has 0 bridgehead atoms. The molecule has 6 heteroatoms. The lowest BCUT2D eigenvalue weighted by Crippen LogP contribution is -2.37. The van der Waals surface area contributed by atoms with E-state index in [4.69, 9.17) is 9.47 Å². The minimum absolute atomic E-state index is 0.161. The topological polar surface area (TPSA) is 56.6 Å². The van der Waals surface area contributed by atoms with Gasteiger partial charge in [-0.15, -0.1) is 0 Å². The number of likely N-dealkylation sites (tertiary alicyclic amines) is 1. The zero-order valence-electron chi connectivity index (χ0n) is 12.5. The standard InChI is InChI=1S/C16H19N3O3/c20-16(18-4-2-1-3-5-18)10-19-11-17-12-8-14-15(9-13(12)19)22-7-6-21-14/h8-9,11H,1-7,10H2. The van der Waals surface area contributed by atoms with E-state index in [0.29, 0.717) is 19.8 Å². The molecular formula is C16H19N3O3. The average molecular weight is 301 g/mol. The number of rotatable bonds is 2. The molecule has 1 amide bonds. The van der Waals surface area contributed by atoms with E-state index in [2.05, 4.69) is 4.98 Å². The third-order valence-electron chi connectivity index (χ3n) is 4.30. The highest BCUT2D eigenvalue weighted by Crippen LogP contribution is 2.34. The third kappa shape index (κ3) is 2.38. The zero-order chi connectivity index (χ0) is 14.9. The van der Waals surface area contributed by atoms with Crippen molar-refractivity contribution in [2.75, 3.05) is 26.3 Å². The van der Waals surface area contributed by atoms with Gasteiger partial charge in [-0.2, -0.15) is 0 Å². The Kier molecular flexibility index (Phi) is 3.36. The highest BCUT2D eigenvalue weighted by molar-refractivity contribution is 5.83. The van der Waals surface area contributed by atoms with Crippen molar-refractivity contribution in [2.24, 2.45) is 0 Å². The van der Waals surface area contributed by atoms with Crippen molar-refractivity contribution in [2.45, 2.75) is 25.8 Å². The number of nitrogens with zero attached hydrogens (tertiary/aromatic N) is 3. The number of carbonyl (C=O) groups excluding carboxylic acids is 1. The Morgan fingerprint density at radius 1 is 1.09 bits per heavy atom. The van der Waals surface area contributed by atoms with E-state index in [0.717, 1.165) is 48.5 Å². The molecule has 2 aromatic rings. The number of hydrogen-bond donors (Lipinski definition) is 0. The number of fused-ring (bicyclic) bond motifs is 2. The van der Waals surface area contributed by atoms with Crippen LogP contribution in [0.3, 0.4) is 0 Å². The summed E-state index contributed by atoms with van der Waals surface area (Å²) in [7, 11) is 0. The molecule has 6 nitrogen and oxygen atoms in total.